The zero-order valence-corrected chi connectivity index (χ0v) is 15.1. The number of anilines is 1. The average molecular weight is 346 g/mol. The van der Waals surface area contributed by atoms with Gasteiger partial charge in [0.25, 0.3) is 5.91 Å². The Balaban J connectivity index is 2.32. The van der Waals surface area contributed by atoms with Crippen molar-refractivity contribution in [3.8, 4) is 0 Å². The van der Waals surface area contributed by atoms with E-state index in [2.05, 4.69) is 19.2 Å². The zero-order chi connectivity index (χ0) is 18.1. The Kier molecular flexibility index (Phi) is 5.11. The third kappa shape index (κ3) is 4.01. The van der Waals surface area contributed by atoms with E-state index in [4.69, 9.17) is 5.14 Å². The molecule has 0 aliphatic rings. The number of rotatable bonds is 4. The minimum atomic E-state index is -3.88. The minimum Gasteiger partial charge on any atom is -0.322 e. The highest BCUT2D eigenvalue weighted by Gasteiger charge is 2.17. The van der Waals surface area contributed by atoms with Crippen LogP contribution in [0.4, 0.5) is 5.69 Å². The summed E-state index contributed by atoms with van der Waals surface area (Å²) in [6, 6.07) is 10.5. The van der Waals surface area contributed by atoms with Crippen molar-refractivity contribution in [2.24, 2.45) is 5.14 Å². The number of hydrogen-bond acceptors (Lipinski definition) is 3. The lowest BCUT2D eigenvalue weighted by Crippen LogP contribution is -2.17. The van der Waals surface area contributed by atoms with Crippen LogP contribution in [-0.4, -0.2) is 14.3 Å². The van der Waals surface area contributed by atoms with Crippen LogP contribution in [0.3, 0.4) is 0 Å². The highest BCUT2D eigenvalue weighted by Crippen LogP contribution is 2.22. The first-order valence-corrected chi connectivity index (χ1v) is 9.19. The van der Waals surface area contributed by atoms with Gasteiger partial charge >= 0.3 is 0 Å². The van der Waals surface area contributed by atoms with Crippen LogP contribution in [0, 0.1) is 13.8 Å². The highest BCUT2D eigenvalue weighted by molar-refractivity contribution is 7.89. The first-order valence-electron chi connectivity index (χ1n) is 7.65. The molecular weight excluding hydrogens is 324 g/mol. The molecule has 0 fully saturated rings. The van der Waals surface area contributed by atoms with Crippen molar-refractivity contribution in [3.05, 3.63) is 58.7 Å². The largest absolute Gasteiger partial charge is 0.322 e. The Hall–Kier alpha value is -2.18. The maximum absolute atomic E-state index is 12.4. The first-order chi connectivity index (χ1) is 11.1. The van der Waals surface area contributed by atoms with Gasteiger partial charge < -0.3 is 5.32 Å². The van der Waals surface area contributed by atoms with E-state index in [1.54, 1.807) is 19.9 Å². The number of sulfonamides is 1. The van der Waals surface area contributed by atoms with Crippen LogP contribution in [0.1, 0.15) is 46.8 Å². The zero-order valence-electron chi connectivity index (χ0n) is 14.3. The normalized spacial score (nSPS) is 11.6. The molecule has 0 aliphatic heterocycles. The van der Waals surface area contributed by atoms with Gasteiger partial charge in [0.1, 0.15) is 0 Å². The van der Waals surface area contributed by atoms with Crippen molar-refractivity contribution in [3.63, 3.8) is 0 Å². The van der Waals surface area contributed by atoms with Gasteiger partial charge in [-0.05, 0) is 60.7 Å². The molecule has 0 heterocycles. The third-order valence-electron chi connectivity index (χ3n) is 4.02. The molecule has 0 aliphatic carbocycles. The van der Waals surface area contributed by atoms with Crippen LogP contribution in [0.2, 0.25) is 0 Å². The Morgan fingerprint density at radius 3 is 2.17 bits per heavy atom. The topological polar surface area (TPSA) is 89.3 Å². The molecule has 128 valence electrons. The number of carbonyl (C=O) groups is 1. The molecule has 0 atom stereocenters. The summed E-state index contributed by atoms with van der Waals surface area (Å²) in [6.45, 7) is 7.61. The summed E-state index contributed by atoms with van der Waals surface area (Å²) in [6.07, 6.45) is 0. The second-order valence-electron chi connectivity index (χ2n) is 6.19. The van der Waals surface area contributed by atoms with Crippen LogP contribution >= 0.6 is 0 Å². The molecule has 6 heteroatoms. The lowest BCUT2D eigenvalue weighted by atomic mass is 10.0. The lowest BCUT2D eigenvalue weighted by Gasteiger charge is -2.12. The molecule has 5 nitrogen and oxygen atoms in total. The summed E-state index contributed by atoms with van der Waals surface area (Å²) in [7, 11) is -3.88. The van der Waals surface area contributed by atoms with E-state index < -0.39 is 10.0 Å². The van der Waals surface area contributed by atoms with Crippen LogP contribution in [0.5, 0.6) is 0 Å². The summed E-state index contributed by atoms with van der Waals surface area (Å²) in [5.74, 6) is 0.0344. The van der Waals surface area contributed by atoms with E-state index in [1.165, 1.54) is 11.6 Å². The standard InChI is InChI=1S/C18H22N2O3S/c1-11(2)14-5-7-16(8-6-14)20-18(21)15-9-12(3)13(4)17(10-15)24(19,22)23/h5-11H,1-4H3,(H,20,21)(H2,19,22,23). The molecule has 2 aromatic carbocycles. The molecule has 3 N–H and O–H groups in total. The summed E-state index contributed by atoms with van der Waals surface area (Å²) < 4.78 is 23.4. The van der Waals surface area contributed by atoms with E-state index in [0.717, 1.165) is 0 Å². The van der Waals surface area contributed by atoms with Crippen molar-refractivity contribution in [1.29, 1.82) is 0 Å². The molecule has 1 amide bonds. The van der Waals surface area contributed by atoms with E-state index in [9.17, 15) is 13.2 Å². The Labute approximate surface area is 142 Å². The monoisotopic (exact) mass is 346 g/mol. The smallest absolute Gasteiger partial charge is 0.255 e. The molecule has 0 aromatic heterocycles. The summed E-state index contributed by atoms with van der Waals surface area (Å²) in [5.41, 5.74) is 3.34. The molecule has 2 rings (SSSR count). The van der Waals surface area contributed by atoms with Gasteiger partial charge in [0.2, 0.25) is 10.0 Å². The number of hydrogen-bond donors (Lipinski definition) is 2. The van der Waals surface area contributed by atoms with Crippen LogP contribution in [-0.2, 0) is 10.0 Å². The quantitative estimate of drug-likeness (QED) is 0.890. The summed E-state index contributed by atoms with van der Waals surface area (Å²) >= 11 is 0. The second-order valence-corrected chi connectivity index (χ2v) is 7.72. The Morgan fingerprint density at radius 2 is 1.67 bits per heavy atom. The van der Waals surface area contributed by atoms with Crippen molar-refractivity contribution in [2.75, 3.05) is 5.32 Å². The van der Waals surface area contributed by atoms with Gasteiger partial charge in [-0.3, -0.25) is 4.79 Å². The molecule has 0 saturated heterocycles. The number of nitrogens with one attached hydrogen (secondary N) is 1. The van der Waals surface area contributed by atoms with Crippen LogP contribution in [0.25, 0.3) is 0 Å². The van der Waals surface area contributed by atoms with Gasteiger partial charge in [0.15, 0.2) is 0 Å². The Bertz CT molecular complexity index is 870. The fourth-order valence-corrected chi connectivity index (χ4v) is 3.29. The molecule has 0 saturated carbocycles. The fourth-order valence-electron chi connectivity index (χ4n) is 2.41. The summed E-state index contributed by atoms with van der Waals surface area (Å²) in [4.78, 5) is 12.4. The number of aryl methyl sites for hydroxylation is 1. The van der Waals surface area contributed by atoms with Crippen molar-refractivity contribution < 1.29 is 13.2 Å². The molecular formula is C18H22N2O3S. The number of carbonyl (C=O) groups excluding carboxylic acids is 1. The van der Waals surface area contributed by atoms with Gasteiger partial charge in [-0.25, -0.2) is 13.6 Å². The van der Waals surface area contributed by atoms with Gasteiger partial charge in [0, 0.05) is 11.3 Å². The highest BCUT2D eigenvalue weighted by atomic mass is 32.2. The summed E-state index contributed by atoms with van der Waals surface area (Å²) in [5, 5.41) is 8.01. The van der Waals surface area contributed by atoms with Crippen molar-refractivity contribution >= 4 is 21.6 Å². The number of benzene rings is 2. The van der Waals surface area contributed by atoms with E-state index >= 15 is 0 Å². The van der Waals surface area contributed by atoms with Gasteiger partial charge in [-0.1, -0.05) is 26.0 Å². The van der Waals surface area contributed by atoms with E-state index in [-0.39, 0.29) is 16.4 Å². The molecule has 0 unspecified atom stereocenters. The molecule has 2 aromatic rings. The van der Waals surface area contributed by atoms with Crippen LogP contribution < -0.4 is 10.5 Å². The fraction of sp³-hybridized carbons (Fsp3) is 0.278. The average Bonchev–Trinajstić information content (AvgIpc) is 2.49. The number of nitrogens with two attached hydrogens (primary N) is 1. The predicted octanol–water partition coefficient (Wildman–Crippen LogP) is 3.33. The van der Waals surface area contributed by atoms with E-state index in [1.807, 2.05) is 24.3 Å². The van der Waals surface area contributed by atoms with Gasteiger partial charge in [0.05, 0.1) is 4.90 Å². The van der Waals surface area contributed by atoms with Crippen molar-refractivity contribution in [2.45, 2.75) is 38.5 Å². The lowest BCUT2D eigenvalue weighted by molar-refractivity contribution is 0.102. The van der Waals surface area contributed by atoms with Crippen molar-refractivity contribution in [1.82, 2.24) is 0 Å². The maximum Gasteiger partial charge on any atom is 0.255 e. The first kappa shape index (κ1) is 18.2. The van der Waals surface area contributed by atoms with E-state index in [0.29, 0.717) is 22.7 Å². The minimum absolute atomic E-state index is 0.0252. The second kappa shape index (κ2) is 6.75. The number of amides is 1. The molecule has 0 radical (unpaired) electrons. The van der Waals surface area contributed by atoms with Gasteiger partial charge in [-0.15, -0.1) is 0 Å². The van der Waals surface area contributed by atoms with Gasteiger partial charge in [-0.2, -0.15) is 0 Å². The molecule has 0 spiro atoms. The van der Waals surface area contributed by atoms with Crippen LogP contribution in [0.15, 0.2) is 41.3 Å². The molecule has 0 bridgehead atoms. The Morgan fingerprint density at radius 1 is 1.08 bits per heavy atom. The number of primary sulfonamides is 1. The third-order valence-corrected chi connectivity index (χ3v) is 5.06. The molecule has 24 heavy (non-hydrogen) atoms. The SMILES string of the molecule is Cc1cc(C(=O)Nc2ccc(C(C)C)cc2)cc(S(N)(=O)=O)c1C. The maximum atomic E-state index is 12.4. The predicted molar refractivity (Wildman–Crippen MR) is 95.8 cm³/mol.